The van der Waals surface area contributed by atoms with Gasteiger partial charge in [-0.05, 0) is 27.9 Å². The van der Waals surface area contributed by atoms with E-state index in [0.717, 1.165) is 32.7 Å². The van der Waals surface area contributed by atoms with Crippen molar-refractivity contribution in [1.29, 1.82) is 0 Å². The Hall–Kier alpha value is -0.650. The fourth-order valence-electron chi connectivity index (χ4n) is 1.88. The Labute approximate surface area is 125 Å². The topological polar surface area (TPSA) is 47.6 Å². The summed E-state index contributed by atoms with van der Waals surface area (Å²) in [5, 5.41) is 6.38. The van der Waals surface area contributed by atoms with Gasteiger partial charge in [-0.3, -0.25) is 9.69 Å². The second kappa shape index (κ2) is 11.1. The molecular formula is C15H34N4O. The summed E-state index contributed by atoms with van der Waals surface area (Å²) in [4.78, 5) is 16.2. The second-order valence-electron chi connectivity index (χ2n) is 6.14. The van der Waals surface area contributed by atoms with Crippen LogP contribution in [0.4, 0.5) is 0 Å². The zero-order valence-corrected chi connectivity index (χ0v) is 14.2. The van der Waals surface area contributed by atoms with Crippen molar-refractivity contribution in [3.05, 3.63) is 0 Å². The molecule has 0 fully saturated rings. The zero-order chi connectivity index (χ0) is 15.5. The summed E-state index contributed by atoms with van der Waals surface area (Å²) in [5.41, 5.74) is 0. The number of nitrogens with one attached hydrogen (secondary N) is 2. The van der Waals surface area contributed by atoms with Crippen LogP contribution in [0.5, 0.6) is 0 Å². The van der Waals surface area contributed by atoms with E-state index in [1.807, 2.05) is 14.1 Å². The Morgan fingerprint density at radius 2 is 1.65 bits per heavy atom. The second-order valence-corrected chi connectivity index (χ2v) is 6.14. The van der Waals surface area contributed by atoms with Crippen molar-refractivity contribution in [2.75, 3.05) is 46.8 Å². The van der Waals surface area contributed by atoms with E-state index in [2.05, 4.69) is 48.1 Å². The quantitative estimate of drug-likeness (QED) is 0.589. The lowest BCUT2D eigenvalue weighted by molar-refractivity contribution is -0.121. The minimum Gasteiger partial charge on any atom is -0.355 e. The summed E-state index contributed by atoms with van der Waals surface area (Å²) in [6, 6.07) is 0.983. The molecule has 0 aliphatic carbocycles. The lowest BCUT2D eigenvalue weighted by Crippen LogP contribution is -2.41. The molecule has 0 rings (SSSR count). The fourth-order valence-corrected chi connectivity index (χ4v) is 1.88. The molecule has 0 heterocycles. The maximum Gasteiger partial charge on any atom is 0.221 e. The molecule has 120 valence electrons. The number of amides is 1. The van der Waals surface area contributed by atoms with E-state index in [4.69, 9.17) is 0 Å². The molecule has 0 bridgehead atoms. The summed E-state index contributed by atoms with van der Waals surface area (Å²) in [7, 11) is 4.02. The van der Waals surface area contributed by atoms with Gasteiger partial charge in [-0.15, -0.1) is 0 Å². The smallest absolute Gasteiger partial charge is 0.221 e. The molecular weight excluding hydrogens is 252 g/mol. The zero-order valence-electron chi connectivity index (χ0n) is 14.2. The van der Waals surface area contributed by atoms with E-state index in [1.165, 1.54) is 0 Å². The van der Waals surface area contributed by atoms with Crippen LogP contribution in [0.3, 0.4) is 0 Å². The minimum absolute atomic E-state index is 0.148. The van der Waals surface area contributed by atoms with E-state index < -0.39 is 0 Å². The summed E-state index contributed by atoms with van der Waals surface area (Å²) in [6.45, 7) is 13.1. The largest absolute Gasteiger partial charge is 0.355 e. The van der Waals surface area contributed by atoms with E-state index in [1.54, 1.807) is 0 Å². The van der Waals surface area contributed by atoms with Crippen LogP contribution in [-0.4, -0.2) is 74.6 Å². The van der Waals surface area contributed by atoms with E-state index >= 15 is 0 Å². The lowest BCUT2D eigenvalue weighted by atomic mass is 10.2. The first kappa shape index (κ1) is 19.4. The molecule has 0 atom stereocenters. The van der Waals surface area contributed by atoms with Crippen molar-refractivity contribution in [2.24, 2.45) is 0 Å². The third-order valence-corrected chi connectivity index (χ3v) is 3.19. The van der Waals surface area contributed by atoms with Gasteiger partial charge in [0.25, 0.3) is 0 Å². The van der Waals surface area contributed by atoms with Crippen molar-refractivity contribution in [2.45, 2.75) is 46.2 Å². The van der Waals surface area contributed by atoms with Crippen LogP contribution in [0.1, 0.15) is 34.1 Å². The molecule has 0 aliphatic rings. The van der Waals surface area contributed by atoms with Gasteiger partial charge < -0.3 is 15.5 Å². The highest BCUT2D eigenvalue weighted by molar-refractivity contribution is 5.76. The lowest BCUT2D eigenvalue weighted by Gasteiger charge is -2.26. The number of rotatable bonds is 11. The van der Waals surface area contributed by atoms with E-state index in [9.17, 15) is 4.79 Å². The summed E-state index contributed by atoms with van der Waals surface area (Å²) in [5.74, 6) is 0.148. The molecule has 0 aromatic carbocycles. The van der Waals surface area contributed by atoms with E-state index in [-0.39, 0.29) is 5.91 Å². The fraction of sp³-hybridized carbons (Fsp3) is 0.933. The van der Waals surface area contributed by atoms with Gasteiger partial charge in [-0.1, -0.05) is 13.8 Å². The number of likely N-dealkylation sites (N-methyl/N-ethyl adjacent to an activating group) is 1. The van der Waals surface area contributed by atoms with Crippen LogP contribution in [0.2, 0.25) is 0 Å². The minimum atomic E-state index is 0.148. The molecule has 0 unspecified atom stereocenters. The van der Waals surface area contributed by atoms with Crippen LogP contribution in [0.15, 0.2) is 0 Å². The van der Waals surface area contributed by atoms with Crippen molar-refractivity contribution in [1.82, 2.24) is 20.4 Å². The normalized spacial score (nSPS) is 11.9. The molecule has 0 aromatic heterocycles. The number of hydrogen-bond donors (Lipinski definition) is 2. The maximum atomic E-state index is 11.8. The van der Waals surface area contributed by atoms with Crippen LogP contribution in [0, 0.1) is 0 Å². The van der Waals surface area contributed by atoms with Crippen molar-refractivity contribution in [3.8, 4) is 0 Å². The highest BCUT2D eigenvalue weighted by Crippen LogP contribution is 1.99. The van der Waals surface area contributed by atoms with Crippen LogP contribution in [-0.2, 0) is 4.79 Å². The van der Waals surface area contributed by atoms with Crippen LogP contribution in [0.25, 0.3) is 0 Å². The summed E-state index contributed by atoms with van der Waals surface area (Å²) >= 11 is 0. The Bertz CT molecular complexity index is 254. The van der Waals surface area contributed by atoms with Gasteiger partial charge in [-0.2, -0.15) is 0 Å². The molecule has 0 spiro atoms. The average Bonchev–Trinajstić information content (AvgIpc) is 2.32. The first-order valence-electron chi connectivity index (χ1n) is 7.71. The molecule has 0 aliphatic heterocycles. The highest BCUT2D eigenvalue weighted by atomic mass is 16.1. The molecule has 0 aromatic rings. The first-order chi connectivity index (χ1) is 9.32. The predicted octanol–water partition coefficient (Wildman–Crippen LogP) is 0.763. The number of carbonyl (C=O) groups excluding carboxylic acids is 1. The Morgan fingerprint density at radius 1 is 1.00 bits per heavy atom. The van der Waals surface area contributed by atoms with Crippen LogP contribution >= 0.6 is 0 Å². The van der Waals surface area contributed by atoms with Gasteiger partial charge >= 0.3 is 0 Å². The third kappa shape index (κ3) is 11.2. The Balaban J connectivity index is 3.86. The number of nitrogens with zero attached hydrogens (tertiary/aromatic N) is 2. The maximum absolute atomic E-state index is 11.8. The van der Waals surface area contributed by atoms with Crippen molar-refractivity contribution < 1.29 is 4.79 Å². The van der Waals surface area contributed by atoms with Crippen molar-refractivity contribution >= 4 is 5.91 Å². The van der Waals surface area contributed by atoms with Gasteiger partial charge in [-0.25, -0.2) is 0 Å². The number of hydrogen-bond acceptors (Lipinski definition) is 4. The molecule has 2 N–H and O–H groups in total. The standard InChI is InChI=1S/C15H34N4O/c1-13(2)16-9-12-19(14(3)4)10-7-15(20)17-8-11-18(5)6/h13-14,16H,7-12H2,1-6H3,(H,17,20). The van der Waals surface area contributed by atoms with Gasteiger partial charge in [0.05, 0.1) is 0 Å². The van der Waals surface area contributed by atoms with Gasteiger partial charge in [0.2, 0.25) is 5.91 Å². The molecule has 0 saturated heterocycles. The Kier molecular flexibility index (Phi) is 10.7. The molecule has 20 heavy (non-hydrogen) atoms. The average molecular weight is 286 g/mol. The van der Waals surface area contributed by atoms with Gasteiger partial charge in [0, 0.05) is 51.2 Å². The van der Waals surface area contributed by atoms with Crippen molar-refractivity contribution in [3.63, 3.8) is 0 Å². The monoisotopic (exact) mass is 286 g/mol. The molecule has 5 heteroatoms. The molecule has 0 radical (unpaired) electrons. The summed E-state index contributed by atoms with van der Waals surface area (Å²) in [6.07, 6.45) is 0.577. The van der Waals surface area contributed by atoms with Gasteiger partial charge in [0.1, 0.15) is 0 Å². The molecule has 0 saturated carbocycles. The summed E-state index contributed by atoms with van der Waals surface area (Å²) < 4.78 is 0. The van der Waals surface area contributed by atoms with Gasteiger partial charge in [0.15, 0.2) is 0 Å². The molecule has 5 nitrogen and oxygen atoms in total. The SMILES string of the molecule is CC(C)NCCN(CCC(=O)NCCN(C)C)C(C)C. The third-order valence-electron chi connectivity index (χ3n) is 3.19. The highest BCUT2D eigenvalue weighted by Gasteiger charge is 2.11. The Morgan fingerprint density at radius 3 is 2.15 bits per heavy atom. The number of carbonyl (C=O) groups is 1. The first-order valence-corrected chi connectivity index (χ1v) is 7.71. The predicted molar refractivity (Wildman–Crippen MR) is 86.0 cm³/mol. The van der Waals surface area contributed by atoms with Crippen LogP contribution < -0.4 is 10.6 Å². The van der Waals surface area contributed by atoms with E-state index in [0.29, 0.717) is 18.5 Å². The molecule has 1 amide bonds.